The van der Waals surface area contributed by atoms with Gasteiger partial charge in [-0.3, -0.25) is 0 Å². The van der Waals surface area contributed by atoms with Crippen LogP contribution in [0.5, 0.6) is 0 Å². The minimum atomic E-state index is -2.46. The van der Waals surface area contributed by atoms with Crippen LogP contribution in [0.1, 0.15) is 18.5 Å². The maximum Gasteiger partial charge on any atom is 0.251 e. The monoisotopic (exact) mass is 202 g/mol. The minimum absolute atomic E-state index is 0.0622. The molecule has 0 aliphatic heterocycles. The summed E-state index contributed by atoms with van der Waals surface area (Å²) in [6.45, 7) is 0.509. The molecule has 0 aromatic carbocycles. The summed E-state index contributed by atoms with van der Waals surface area (Å²) in [6, 6.07) is -0.0768. The third-order valence-corrected chi connectivity index (χ3v) is 2.31. The molecule has 6 heteroatoms. The normalized spacial score (nSPS) is 20.8. The lowest BCUT2D eigenvalue weighted by Crippen LogP contribution is -2.48. The maximum absolute atomic E-state index is 12.4. The quantitative estimate of drug-likeness (QED) is 0.784. The molecule has 0 amide bonds. The van der Waals surface area contributed by atoms with E-state index in [4.69, 9.17) is 0 Å². The lowest BCUT2D eigenvalue weighted by Gasteiger charge is -2.35. The van der Waals surface area contributed by atoms with Crippen molar-refractivity contribution in [2.24, 2.45) is 7.05 Å². The summed E-state index contributed by atoms with van der Waals surface area (Å²) in [7, 11) is 1.72. The van der Waals surface area contributed by atoms with Crippen LogP contribution in [0.3, 0.4) is 0 Å². The van der Waals surface area contributed by atoms with E-state index in [0.717, 1.165) is 5.69 Å². The molecule has 0 bridgehead atoms. The van der Waals surface area contributed by atoms with Crippen molar-refractivity contribution in [2.75, 3.05) is 0 Å². The predicted octanol–water partition coefficient (Wildman–Crippen LogP) is 0.702. The van der Waals surface area contributed by atoms with Gasteiger partial charge in [-0.25, -0.2) is 8.78 Å². The number of hydrogen-bond donors (Lipinski definition) is 1. The van der Waals surface area contributed by atoms with Gasteiger partial charge in [0.2, 0.25) is 0 Å². The molecule has 1 aromatic rings. The zero-order valence-electron chi connectivity index (χ0n) is 7.87. The van der Waals surface area contributed by atoms with Crippen molar-refractivity contribution in [1.82, 2.24) is 20.3 Å². The third kappa shape index (κ3) is 2.06. The highest BCUT2D eigenvalue weighted by molar-refractivity contribution is 4.95. The fourth-order valence-corrected chi connectivity index (χ4v) is 1.52. The third-order valence-electron chi connectivity index (χ3n) is 2.31. The Labute approximate surface area is 80.3 Å². The number of nitrogens with one attached hydrogen (secondary N) is 1. The largest absolute Gasteiger partial charge is 0.308 e. The Bertz CT molecular complexity index is 315. The summed E-state index contributed by atoms with van der Waals surface area (Å²) in [5.74, 6) is -2.46. The van der Waals surface area contributed by atoms with E-state index in [2.05, 4.69) is 15.5 Å². The van der Waals surface area contributed by atoms with Crippen molar-refractivity contribution in [1.29, 1.82) is 0 Å². The molecular formula is C8H12F2N4. The van der Waals surface area contributed by atoms with Gasteiger partial charge in [-0.2, -0.15) is 15.0 Å². The lowest BCUT2D eigenvalue weighted by molar-refractivity contribution is -0.0930. The smallest absolute Gasteiger partial charge is 0.251 e. The zero-order chi connectivity index (χ0) is 10.2. The average molecular weight is 202 g/mol. The lowest BCUT2D eigenvalue weighted by atomic mass is 9.88. The SMILES string of the molecule is Cn1ncc(CNC2CC(F)(F)C2)n1. The van der Waals surface area contributed by atoms with Crippen LogP contribution < -0.4 is 5.32 Å². The van der Waals surface area contributed by atoms with E-state index in [1.54, 1.807) is 13.2 Å². The molecule has 1 aromatic heterocycles. The summed E-state index contributed by atoms with van der Waals surface area (Å²) in [5, 5.41) is 10.9. The predicted molar refractivity (Wildman–Crippen MR) is 45.8 cm³/mol. The standard InChI is InChI=1S/C8H12F2N4/c1-14-12-5-7(13-14)4-11-6-2-8(9,10)3-6/h5-6,11H,2-4H2,1H3. The van der Waals surface area contributed by atoms with Crippen LogP contribution in [0.25, 0.3) is 0 Å². The number of halogens is 2. The molecule has 0 radical (unpaired) electrons. The van der Waals surface area contributed by atoms with Crippen molar-refractivity contribution < 1.29 is 8.78 Å². The molecule has 1 heterocycles. The topological polar surface area (TPSA) is 42.7 Å². The number of alkyl halides is 2. The average Bonchev–Trinajstić information content (AvgIpc) is 2.44. The van der Waals surface area contributed by atoms with Gasteiger partial charge in [0.1, 0.15) is 0 Å². The molecule has 1 aliphatic carbocycles. The Morgan fingerprint density at radius 1 is 1.64 bits per heavy atom. The highest BCUT2D eigenvalue weighted by atomic mass is 19.3. The van der Waals surface area contributed by atoms with E-state index < -0.39 is 5.92 Å². The van der Waals surface area contributed by atoms with Crippen LogP contribution in [0, 0.1) is 0 Å². The fraction of sp³-hybridized carbons (Fsp3) is 0.750. The van der Waals surface area contributed by atoms with Crippen LogP contribution >= 0.6 is 0 Å². The van der Waals surface area contributed by atoms with E-state index in [1.807, 2.05) is 0 Å². The van der Waals surface area contributed by atoms with Crippen LogP contribution in [-0.4, -0.2) is 27.0 Å². The van der Waals surface area contributed by atoms with Crippen LogP contribution in [0.4, 0.5) is 8.78 Å². The molecule has 1 fully saturated rings. The van der Waals surface area contributed by atoms with E-state index in [1.165, 1.54) is 4.80 Å². The van der Waals surface area contributed by atoms with Gasteiger partial charge in [0.15, 0.2) is 0 Å². The second-order valence-corrected chi connectivity index (χ2v) is 3.67. The molecule has 1 aliphatic rings. The molecule has 1 N–H and O–H groups in total. The van der Waals surface area contributed by atoms with Gasteiger partial charge in [-0.15, -0.1) is 0 Å². The van der Waals surface area contributed by atoms with E-state index in [-0.39, 0.29) is 18.9 Å². The summed E-state index contributed by atoms with van der Waals surface area (Å²) < 4.78 is 24.9. The minimum Gasteiger partial charge on any atom is -0.308 e. The molecular weight excluding hydrogens is 190 g/mol. The van der Waals surface area contributed by atoms with Gasteiger partial charge >= 0.3 is 0 Å². The van der Waals surface area contributed by atoms with Crippen LogP contribution in [-0.2, 0) is 13.6 Å². The molecule has 4 nitrogen and oxygen atoms in total. The Morgan fingerprint density at radius 2 is 2.36 bits per heavy atom. The molecule has 0 atom stereocenters. The zero-order valence-corrected chi connectivity index (χ0v) is 7.87. The van der Waals surface area contributed by atoms with Crippen molar-refractivity contribution in [3.8, 4) is 0 Å². The molecule has 2 rings (SSSR count). The molecule has 0 unspecified atom stereocenters. The Balaban J connectivity index is 1.74. The highest BCUT2D eigenvalue weighted by Crippen LogP contribution is 2.37. The number of nitrogens with zero attached hydrogens (tertiary/aromatic N) is 3. The second-order valence-electron chi connectivity index (χ2n) is 3.67. The summed E-state index contributed by atoms with van der Waals surface area (Å²) in [4.78, 5) is 1.45. The van der Waals surface area contributed by atoms with Gasteiger partial charge in [0.25, 0.3) is 5.92 Å². The van der Waals surface area contributed by atoms with E-state index >= 15 is 0 Å². The van der Waals surface area contributed by atoms with E-state index in [9.17, 15) is 8.78 Å². The first kappa shape index (κ1) is 9.51. The summed E-state index contributed by atoms with van der Waals surface area (Å²) in [6.07, 6.45) is 1.50. The fourth-order valence-electron chi connectivity index (χ4n) is 1.52. The van der Waals surface area contributed by atoms with Crippen molar-refractivity contribution >= 4 is 0 Å². The number of hydrogen-bond acceptors (Lipinski definition) is 3. The highest BCUT2D eigenvalue weighted by Gasteiger charge is 2.44. The first-order chi connectivity index (χ1) is 6.55. The Kier molecular flexibility index (Phi) is 2.22. The Hall–Kier alpha value is -1.04. The van der Waals surface area contributed by atoms with Crippen LogP contribution in [0.15, 0.2) is 6.20 Å². The molecule has 0 spiro atoms. The van der Waals surface area contributed by atoms with Gasteiger partial charge in [0, 0.05) is 32.5 Å². The van der Waals surface area contributed by atoms with Crippen molar-refractivity contribution in [3.63, 3.8) is 0 Å². The van der Waals surface area contributed by atoms with Gasteiger partial charge in [0.05, 0.1) is 11.9 Å². The van der Waals surface area contributed by atoms with Crippen LogP contribution in [0.2, 0.25) is 0 Å². The van der Waals surface area contributed by atoms with Crippen molar-refractivity contribution in [3.05, 3.63) is 11.9 Å². The first-order valence-electron chi connectivity index (χ1n) is 4.52. The summed E-state index contributed by atoms with van der Waals surface area (Å²) >= 11 is 0. The van der Waals surface area contributed by atoms with Crippen molar-refractivity contribution in [2.45, 2.75) is 31.4 Å². The van der Waals surface area contributed by atoms with Gasteiger partial charge in [-0.1, -0.05) is 0 Å². The van der Waals surface area contributed by atoms with E-state index in [0.29, 0.717) is 6.54 Å². The number of aromatic nitrogens is 3. The molecule has 0 saturated heterocycles. The molecule has 78 valence electrons. The van der Waals surface area contributed by atoms with Gasteiger partial charge < -0.3 is 5.32 Å². The Morgan fingerprint density at radius 3 is 2.86 bits per heavy atom. The maximum atomic E-state index is 12.4. The second kappa shape index (κ2) is 3.27. The number of rotatable bonds is 3. The first-order valence-corrected chi connectivity index (χ1v) is 4.52. The molecule has 14 heavy (non-hydrogen) atoms. The molecule has 1 saturated carbocycles. The van der Waals surface area contributed by atoms with Gasteiger partial charge in [-0.05, 0) is 0 Å². The summed E-state index contributed by atoms with van der Waals surface area (Å²) in [5.41, 5.74) is 0.780. The number of aryl methyl sites for hydroxylation is 1.